The number of halogens is 1. The molecule has 0 atom stereocenters. The topological polar surface area (TPSA) is 35.5 Å². The van der Waals surface area contributed by atoms with E-state index in [0.717, 1.165) is 63.9 Å². The van der Waals surface area contributed by atoms with Crippen LogP contribution in [0.3, 0.4) is 0 Å². The van der Waals surface area contributed by atoms with Crippen molar-refractivity contribution >= 4 is 11.6 Å². The number of benzene rings is 2. The first kappa shape index (κ1) is 19.9. The second-order valence-corrected chi connectivity index (χ2v) is 8.54. The van der Waals surface area contributed by atoms with Crippen LogP contribution < -0.4 is 9.80 Å². The summed E-state index contributed by atoms with van der Waals surface area (Å²) in [6.07, 6.45) is 2.98. The molecule has 31 heavy (non-hydrogen) atoms. The molecular formula is C25H28FN5. The van der Waals surface area contributed by atoms with Crippen molar-refractivity contribution in [1.29, 1.82) is 0 Å². The first-order valence-electron chi connectivity index (χ1n) is 11.0. The maximum atomic E-state index is 13.2. The Labute approximate surface area is 183 Å². The van der Waals surface area contributed by atoms with Gasteiger partial charge in [-0.3, -0.25) is 4.90 Å². The third kappa shape index (κ3) is 4.54. The lowest BCUT2D eigenvalue weighted by Gasteiger charge is -2.36. The fraction of sp³-hybridized carbons (Fsp3) is 0.360. The van der Waals surface area contributed by atoms with Gasteiger partial charge in [-0.15, -0.1) is 0 Å². The molecule has 5 nitrogen and oxygen atoms in total. The van der Waals surface area contributed by atoms with Gasteiger partial charge in [0, 0.05) is 69.7 Å². The quantitative estimate of drug-likeness (QED) is 0.645. The van der Waals surface area contributed by atoms with Crippen LogP contribution in [0.4, 0.5) is 16.0 Å². The van der Waals surface area contributed by atoms with Crippen LogP contribution in [-0.4, -0.2) is 47.6 Å². The number of nitrogens with zero attached hydrogens (tertiary/aromatic N) is 5. The van der Waals surface area contributed by atoms with Gasteiger partial charge in [0.2, 0.25) is 5.95 Å². The predicted octanol–water partition coefficient (Wildman–Crippen LogP) is 3.81. The van der Waals surface area contributed by atoms with E-state index < -0.39 is 0 Å². The molecule has 2 aromatic carbocycles. The van der Waals surface area contributed by atoms with Crippen LogP contribution in [0.2, 0.25) is 0 Å². The van der Waals surface area contributed by atoms with E-state index in [-0.39, 0.29) is 5.82 Å². The van der Waals surface area contributed by atoms with Crippen molar-refractivity contribution in [2.75, 3.05) is 42.5 Å². The molecule has 3 heterocycles. The highest BCUT2D eigenvalue weighted by Gasteiger charge is 2.23. The molecule has 3 aromatic rings. The second kappa shape index (κ2) is 8.63. The zero-order chi connectivity index (χ0) is 21.2. The molecule has 0 amide bonds. The third-order valence-corrected chi connectivity index (χ3v) is 6.24. The van der Waals surface area contributed by atoms with Crippen molar-refractivity contribution in [2.24, 2.45) is 0 Å². The first-order chi connectivity index (χ1) is 15.1. The fourth-order valence-corrected chi connectivity index (χ4v) is 4.54. The highest BCUT2D eigenvalue weighted by molar-refractivity contribution is 5.48. The molecule has 1 fully saturated rings. The molecule has 0 bridgehead atoms. The Morgan fingerprint density at radius 3 is 2.48 bits per heavy atom. The Hall–Kier alpha value is -2.99. The smallest absolute Gasteiger partial charge is 0.225 e. The van der Waals surface area contributed by atoms with Gasteiger partial charge < -0.3 is 9.80 Å². The highest BCUT2D eigenvalue weighted by atomic mass is 19.1. The minimum Gasteiger partial charge on any atom is -0.368 e. The number of anilines is 2. The van der Waals surface area contributed by atoms with Crippen LogP contribution in [0.1, 0.15) is 22.4 Å². The van der Waals surface area contributed by atoms with Crippen molar-refractivity contribution in [3.63, 3.8) is 0 Å². The first-order valence-corrected chi connectivity index (χ1v) is 11.0. The Morgan fingerprint density at radius 2 is 1.71 bits per heavy atom. The highest BCUT2D eigenvalue weighted by Crippen LogP contribution is 2.23. The van der Waals surface area contributed by atoms with E-state index in [9.17, 15) is 4.39 Å². The van der Waals surface area contributed by atoms with Gasteiger partial charge in [0.05, 0.1) is 5.69 Å². The molecule has 2 aliphatic rings. The number of aromatic nitrogens is 2. The maximum Gasteiger partial charge on any atom is 0.225 e. The van der Waals surface area contributed by atoms with Gasteiger partial charge in [-0.25, -0.2) is 14.4 Å². The van der Waals surface area contributed by atoms with Crippen molar-refractivity contribution in [3.05, 3.63) is 82.9 Å². The van der Waals surface area contributed by atoms with Gasteiger partial charge >= 0.3 is 0 Å². The van der Waals surface area contributed by atoms with Gasteiger partial charge in [-0.2, -0.15) is 0 Å². The number of hydrogen-bond acceptors (Lipinski definition) is 5. The number of hydrogen-bond donors (Lipinski definition) is 0. The number of fused-ring (bicyclic) bond motifs is 1. The monoisotopic (exact) mass is 417 g/mol. The lowest BCUT2D eigenvalue weighted by molar-refractivity contribution is 0.243. The largest absolute Gasteiger partial charge is 0.368 e. The lowest BCUT2D eigenvalue weighted by Crippen LogP contribution is -2.47. The molecule has 0 spiro atoms. The minimum atomic E-state index is -0.192. The van der Waals surface area contributed by atoms with Gasteiger partial charge in [-0.05, 0) is 36.8 Å². The minimum absolute atomic E-state index is 0.192. The normalized spacial score (nSPS) is 17.0. The summed E-state index contributed by atoms with van der Waals surface area (Å²) in [5.41, 5.74) is 6.17. The van der Waals surface area contributed by atoms with Crippen LogP contribution in [0.5, 0.6) is 0 Å². The van der Waals surface area contributed by atoms with Crippen molar-refractivity contribution in [2.45, 2.75) is 26.4 Å². The summed E-state index contributed by atoms with van der Waals surface area (Å²) < 4.78 is 13.2. The average Bonchev–Trinajstić information content (AvgIpc) is 2.79. The summed E-state index contributed by atoms with van der Waals surface area (Å²) in [7, 11) is 0. The Balaban J connectivity index is 1.21. The summed E-state index contributed by atoms with van der Waals surface area (Å²) in [5, 5.41) is 0. The molecular weight excluding hydrogens is 389 g/mol. The van der Waals surface area contributed by atoms with E-state index in [0.29, 0.717) is 0 Å². The molecule has 0 unspecified atom stereocenters. The van der Waals surface area contributed by atoms with E-state index in [1.165, 1.54) is 34.5 Å². The second-order valence-electron chi connectivity index (χ2n) is 8.54. The van der Waals surface area contributed by atoms with Crippen LogP contribution in [0.25, 0.3) is 0 Å². The summed E-state index contributed by atoms with van der Waals surface area (Å²) in [6.45, 7) is 8.55. The molecule has 0 aliphatic carbocycles. The number of piperazine rings is 1. The molecule has 0 radical (unpaired) electrons. The molecule has 5 rings (SSSR count). The molecule has 1 saturated heterocycles. The molecule has 0 N–H and O–H groups in total. The molecule has 0 saturated carbocycles. The predicted molar refractivity (Wildman–Crippen MR) is 122 cm³/mol. The fourth-order valence-electron chi connectivity index (χ4n) is 4.54. The van der Waals surface area contributed by atoms with E-state index in [4.69, 9.17) is 9.97 Å². The maximum absolute atomic E-state index is 13.2. The van der Waals surface area contributed by atoms with Gasteiger partial charge in [0.15, 0.2) is 0 Å². The van der Waals surface area contributed by atoms with Crippen molar-refractivity contribution < 1.29 is 4.39 Å². The van der Waals surface area contributed by atoms with E-state index >= 15 is 0 Å². The summed E-state index contributed by atoms with van der Waals surface area (Å²) >= 11 is 0. The summed E-state index contributed by atoms with van der Waals surface area (Å²) in [4.78, 5) is 16.6. The summed E-state index contributed by atoms with van der Waals surface area (Å²) in [5.74, 6) is 0.645. The third-order valence-electron chi connectivity index (χ3n) is 6.24. The molecule has 1 aromatic heterocycles. The molecule has 2 aliphatic heterocycles. The van der Waals surface area contributed by atoms with Gasteiger partial charge in [-0.1, -0.05) is 29.8 Å². The zero-order valence-corrected chi connectivity index (χ0v) is 18.0. The summed E-state index contributed by atoms with van der Waals surface area (Å²) in [6, 6.07) is 15.5. The molecule has 160 valence electrons. The standard InChI is InChI=1S/C25H28FN5/c1-19-3-2-4-20(15-19)17-29-10-9-24-21(18-29)16-27-25(28-24)31-13-11-30(12-14-31)23-7-5-22(26)6-8-23/h2-8,15-16H,9-14,17-18H2,1H3. The van der Waals surface area contributed by atoms with Gasteiger partial charge in [0.1, 0.15) is 5.82 Å². The van der Waals surface area contributed by atoms with E-state index in [1.54, 1.807) is 0 Å². The van der Waals surface area contributed by atoms with E-state index in [1.807, 2.05) is 18.3 Å². The Morgan fingerprint density at radius 1 is 0.935 bits per heavy atom. The van der Waals surface area contributed by atoms with Crippen LogP contribution >= 0.6 is 0 Å². The molecule has 6 heteroatoms. The van der Waals surface area contributed by atoms with Crippen molar-refractivity contribution in [1.82, 2.24) is 14.9 Å². The number of aryl methyl sites for hydroxylation is 1. The van der Waals surface area contributed by atoms with Crippen LogP contribution in [0, 0.1) is 12.7 Å². The van der Waals surface area contributed by atoms with E-state index in [2.05, 4.69) is 45.9 Å². The SMILES string of the molecule is Cc1cccc(CN2CCc3nc(N4CCN(c5ccc(F)cc5)CC4)ncc3C2)c1. The Bertz CT molecular complexity index is 1040. The Kier molecular flexibility index (Phi) is 5.55. The lowest BCUT2D eigenvalue weighted by atomic mass is 10.1. The average molecular weight is 418 g/mol. The van der Waals surface area contributed by atoms with Crippen LogP contribution in [-0.2, 0) is 19.5 Å². The van der Waals surface area contributed by atoms with Crippen LogP contribution in [0.15, 0.2) is 54.7 Å². The zero-order valence-electron chi connectivity index (χ0n) is 18.0. The van der Waals surface area contributed by atoms with Crippen molar-refractivity contribution in [3.8, 4) is 0 Å². The van der Waals surface area contributed by atoms with Gasteiger partial charge in [0.25, 0.3) is 0 Å². The number of rotatable bonds is 4.